The number of benzene rings is 3. The number of nitrogen functional groups attached to an aromatic ring is 1. The first-order valence-electron chi connectivity index (χ1n) is 11.0. The van der Waals surface area contributed by atoms with Crippen LogP contribution in [0.1, 0.15) is 21.8 Å². The topological polar surface area (TPSA) is 114 Å². The zero-order chi connectivity index (χ0) is 25.4. The van der Waals surface area contributed by atoms with E-state index < -0.39 is 19.3 Å². The highest BCUT2D eigenvalue weighted by Crippen LogP contribution is 2.59. The third-order valence-corrected chi connectivity index (χ3v) is 7.85. The molecule has 0 fully saturated rings. The van der Waals surface area contributed by atoms with Crippen molar-refractivity contribution in [1.29, 1.82) is 5.41 Å². The number of rotatable bonds is 10. The first-order valence-corrected chi connectivity index (χ1v) is 13.5. The van der Waals surface area contributed by atoms with Crippen LogP contribution in [0.2, 0.25) is 0 Å². The monoisotopic (exact) mass is 517 g/mol. The van der Waals surface area contributed by atoms with Crippen LogP contribution in [0.25, 0.3) is 6.08 Å². The Kier molecular flexibility index (Phi) is 8.00. The van der Waals surface area contributed by atoms with Crippen LogP contribution >= 0.6 is 18.9 Å². The van der Waals surface area contributed by atoms with E-state index in [1.54, 1.807) is 78.9 Å². The minimum absolute atomic E-state index is 0.106. The van der Waals surface area contributed by atoms with Crippen LogP contribution in [-0.2, 0) is 9.36 Å². The fourth-order valence-corrected chi connectivity index (χ4v) is 5.82. The minimum atomic E-state index is -4.12. The number of nitrogens with two attached hydrogens (primary N) is 1. The summed E-state index contributed by atoms with van der Waals surface area (Å²) in [6.07, 6.45) is 3.05. The number of thiophene rings is 1. The smallest absolute Gasteiger partial charge is 0.414 e. The van der Waals surface area contributed by atoms with Crippen LogP contribution in [0.15, 0.2) is 109 Å². The van der Waals surface area contributed by atoms with E-state index >= 15 is 0 Å². The molecular formula is C27H24N3O4PS. The van der Waals surface area contributed by atoms with Gasteiger partial charge in [-0.2, -0.15) is 0 Å². The van der Waals surface area contributed by atoms with Crippen molar-refractivity contribution in [3.05, 3.63) is 125 Å². The molecule has 7 nitrogen and oxygen atoms in total. The Morgan fingerprint density at radius 1 is 0.889 bits per heavy atom. The van der Waals surface area contributed by atoms with Gasteiger partial charge in [-0.15, -0.1) is 11.3 Å². The highest BCUT2D eigenvalue weighted by atomic mass is 32.1. The average Bonchev–Trinajstić information content (AvgIpc) is 3.41. The second-order valence-electron chi connectivity index (χ2n) is 7.64. The maximum absolute atomic E-state index is 14.5. The Balaban J connectivity index is 1.74. The second kappa shape index (κ2) is 11.5. The summed E-state index contributed by atoms with van der Waals surface area (Å²) in [6.45, 7) is 0. The molecule has 3 aromatic carbocycles. The summed E-state index contributed by atoms with van der Waals surface area (Å²) in [5.74, 6) is -1.10. The SMILES string of the molecule is N=C(N)c1ccc(C(NC(=O)/C=C/c2cccs2)P(=O)(Oc2ccccc2)Oc2ccccc2)cc1. The first kappa shape index (κ1) is 25.0. The van der Waals surface area contributed by atoms with Crippen molar-refractivity contribution in [1.82, 2.24) is 5.32 Å². The van der Waals surface area contributed by atoms with Crippen molar-refractivity contribution >= 4 is 36.8 Å². The summed E-state index contributed by atoms with van der Waals surface area (Å²) in [5.41, 5.74) is 6.55. The largest absolute Gasteiger partial charge is 0.457 e. The highest BCUT2D eigenvalue weighted by molar-refractivity contribution is 7.55. The van der Waals surface area contributed by atoms with Gasteiger partial charge < -0.3 is 20.1 Å². The molecule has 0 bridgehead atoms. The summed E-state index contributed by atoms with van der Waals surface area (Å²) < 4.78 is 26.5. The lowest BCUT2D eigenvalue weighted by atomic mass is 10.1. The number of carbonyl (C=O) groups excluding carboxylic acids is 1. The number of para-hydroxylation sites is 2. The molecule has 182 valence electrons. The quantitative estimate of drug-likeness (QED) is 0.100. The van der Waals surface area contributed by atoms with Crippen molar-refractivity contribution in [2.45, 2.75) is 5.78 Å². The Morgan fingerprint density at radius 3 is 1.97 bits per heavy atom. The normalized spacial score (nSPS) is 12.1. The van der Waals surface area contributed by atoms with E-state index in [-0.39, 0.29) is 5.84 Å². The molecule has 4 N–H and O–H groups in total. The molecule has 9 heteroatoms. The average molecular weight is 518 g/mol. The van der Waals surface area contributed by atoms with Gasteiger partial charge in [-0.1, -0.05) is 66.7 Å². The van der Waals surface area contributed by atoms with Crippen LogP contribution in [0.3, 0.4) is 0 Å². The third kappa shape index (κ3) is 6.50. The zero-order valence-electron chi connectivity index (χ0n) is 19.1. The zero-order valence-corrected chi connectivity index (χ0v) is 20.8. The van der Waals surface area contributed by atoms with Crippen LogP contribution in [-0.4, -0.2) is 11.7 Å². The number of carbonyl (C=O) groups is 1. The molecule has 1 unspecified atom stereocenters. The molecule has 1 amide bonds. The molecule has 0 spiro atoms. The summed E-state index contributed by atoms with van der Waals surface area (Å²) in [7, 11) is -4.12. The molecule has 36 heavy (non-hydrogen) atoms. The molecule has 1 atom stereocenters. The van der Waals surface area contributed by atoms with E-state index in [1.807, 2.05) is 29.6 Å². The Bertz CT molecular complexity index is 1330. The lowest BCUT2D eigenvalue weighted by molar-refractivity contribution is -0.116. The summed E-state index contributed by atoms with van der Waals surface area (Å²) in [6, 6.07) is 27.6. The lowest BCUT2D eigenvalue weighted by Gasteiger charge is -2.28. The number of amidine groups is 1. The van der Waals surface area contributed by atoms with Crippen LogP contribution in [0.4, 0.5) is 0 Å². The lowest BCUT2D eigenvalue weighted by Crippen LogP contribution is -2.30. The number of hydrogen-bond acceptors (Lipinski definition) is 6. The van der Waals surface area contributed by atoms with E-state index in [0.29, 0.717) is 22.6 Å². The molecule has 0 aliphatic heterocycles. The van der Waals surface area contributed by atoms with Crippen molar-refractivity contribution in [3.8, 4) is 11.5 Å². The number of nitrogens with one attached hydrogen (secondary N) is 2. The molecule has 0 radical (unpaired) electrons. The van der Waals surface area contributed by atoms with Crippen LogP contribution < -0.4 is 20.1 Å². The fraction of sp³-hybridized carbons (Fsp3) is 0.0370. The van der Waals surface area contributed by atoms with Gasteiger partial charge in [0, 0.05) is 16.5 Å². The van der Waals surface area contributed by atoms with Gasteiger partial charge in [-0.05, 0) is 47.4 Å². The Labute approximate surface area is 213 Å². The number of amides is 1. The molecule has 1 aromatic heterocycles. The van der Waals surface area contributed by atoms with Crippen molar-refractivity contribution in [2.24, 2.45) is 5.73 Å². The van der Waals surface area contributed by atoms with Crippen molar-refractivity contribution in [3.63, 3.8) is 0 Å². The van der Waals surface area contributed by atoms with E-state index in [2.05, 4.69) is 5.32 Å². The predicted octanol–water partition coefficient (Wildman–Crippen LogP) is 6.21. The van der Waals surface area contributed by atoms with Gasteiger partial charge in [0.25, 0.3) is 0 Å². The van der Waals surface area contributed by atoms with E-state index in [0.717, 1.165) is 4.88 Å². The van der Waals surface area contributed by atoms with Crippen LogP contribution in [0, 0.1) is 5.41 Å². The Hall–Kier alpha value is -4.13. The maximum atomic E-state index is 14.5. The van der Waals surface area contributed by atoms with Gasteiger partial charge in [-0.3, -0.25) is 10.2 Å². The molecular weight excluding hydrogens is 493 g/mol. The summed E-state index contributed by atoms with van der Waals surface area (Å²) in [4.78, 5) is 13.9. The van der Waals surface area contributed by atoms with E-state index in [1.165, 1.54) is 17.4 Å². The van der Waals surface area contributed by atoms with Gasteiger partial charge in [0.2, 0.25) is 5.91 Å². The van der Waals surface area contributed by atoms with E-state index in [4.69, 9.17) is 20.2 Å². The minimum Gasteiger partial charge on any atom is -0.414 e. The third-order valence-electron chi connectivity index (χ3n) is 5.03. The molecule has 0 saturated carbocycles. The Morgan fingerprint density at radius 2 is 1.47 bits per heavy atom. The molecule has 0 aliphatic rings. The molecule has 0 saturated heterocycles. The molecule has 1 heterocycles. The first-order chi connectivity index (χ1) is 17.4. The van der Waals surface area contributed by atoms with Gasteiger partial charge in [0.1, 0.15) is 17.3 Å². The maximum Gasteiger partial charge on any atom is 0.457 e. The fourth-order valence-electron chi connectivity index (χ4n) is 3.30. The molecule has 4 aromatic rings. The standard InChI is InChI=1S/C27H24N3O4PS/c28-26(29)20-13-15-21(16-14-20)27(30-25(31)18-17-24-12-7-19-36-24)35(32,33-22-8-3-1-4-9-22)34-23-10-5-2-6-11-23/h1-19,27H,(H3,28,29)(H,30,31)/b18-17+. The van der Waals surface area contributed by atoms with Gasteiger partial charge >= 0.3 is 7.60 Å². The van der Waals surface area contributed by atoms with E-state index in [9.17, 15) is 9.36 Å². The second-order valence-corrected chi connectivity index (χ2v) is 10.6. The predicted molar refractivity (Wildman–Crippen MR) is 143 cm³/mol. The van der Waals surface area contributed by atoms with Crippen LogP contribution in [0.5, 0.6) is 11.5 Å². The summed E-state index contributed by atoms with van der Waals surface area (Å²) >= 11 is 1.49. The van der Waals surface area contributed by atoms with Gasteiger partial charge in [0.05, 0.1) is 0 Å². The molecule has 4 rings (SSSR count). The van der Waals surface area contributed by atoms with Crippen molar-refractivity contribution in [2.75, 3.05) is 0 Å². The summed E-state index contributed by atoms with van der Waals surface area (Å²) in [5, 5.41) is 12.4. The van der Waals surface area contributed by atoms with Gasteiger partial charge in [-0.25, -0.2) is 4.57 Å². The highest BCUT2D eigenvalue weighted by Gasteiger charge is 2.41. The van der Waals surface area contributed by atoms with Crippen molar-refractivity contribution < 1.29 is 18.4 Å². The molecule has 0 aliphatic carbocycles. The van der Waals surface area contributed by atoms with Gasteiger partial charge in [0.15, 0.2) is 5.78 Å². The number of hydrogen-bond donors (Lipinski definition) is 3.